The van der Waals surface area contributed by atoms with E-state index in [1.807, 2.05) is 30.3 Å². The second-order valence-electron chi connectivity index (χ2n) is 13.2. The molecule has 244 valence electrons. The van der Waals surface area contributed by atoms with E-state index in [9.17, 15) is 5.11 Å². The first kappa shape index (κ1) is 33.2. The summed E-state index contributed by atoms with van der Waals surface area (Å²) in [5.41, 5.74) is 7.40. The molecule has 2 aliphatic rings. The van der Waals surface area contributed by atoms with E-state index >= 15 is 0 Å². The average molecular weight is 624 g/mol. The molecule has 0 atom stereocenters. The number of hydrogen-bond acceptors (Lipinski definition) is 10. The van der Waals surface area contributed by atoms with Gasteiger partial charge in [-0.05, 0) is 42.0 Å². The summed E-state index contributed by atoms with van der Waals surface area (Å²) < 4.78 is 47.1. The predicted octanol–water partition coefficient (Wildman–Crippen LogP) is 5.66. The molecule has 0 bridgehead atoms. The summed E-state index contributed by atoms with van der Waals surface area (Å²) in [5.74, 6) is 0.772. The van der Waals surface area contributed by atoms with Crippen LogP contribution >= 0.6 is 0 Å². The van der Waals surface area contributed by atoms with Crippen LogP contribution in [0.4, 0.5) is 5.69 Å². The van der Waals surface area contributed by atoms with Crippen molar-refractivity contribution in [3.63, 3.8) is 0 Å². The molecule has 3 aromatic carbocycles. The van der Waals surface area contributed by atoms with E-state index in [0.717, 1.165) is 0 Å². The molecule has 0 unspecified atom stereocenters. The fraction of sp³-hybridized carbons (Fsp3) is 0.486. The maximum atomic E-state index is 13.3. The molecule has 0 aromatic heterocycles. The molecular weight excluding hydrogens is 578 g/mol. The Labute approximate surface area is 265 Å². The number of nitrogens with two attached hydrogens (primary N) is 1. The highest BCUT2D eigenvalue weighted by Crippen LogP contribution is 2.48. The highest BCUT2D eigenvalue weighted by atomic mass is 16.7. The van der Waals surface area contributed by atoms with Crippen molar-refractivity contribution in [1.82, 2.24) is 0 Å². The molecule has 0 aliphatic carbocycles. The van der Waals surface area contributed by atoms with Gasteiger partial charge in [-0.25, -0.2) is 0 Å². The van der Waals surface area contributed by atoms with Gasteiger partial charge in [0.15, 0.2) is 26.2 Å². The maximum absolute atomic E-state index is 13.3. The van der Waals surface area contributed by atoms with Gasteiger partial charge in [-0.2, -0.15) is 0 Å². The van der Waals surface area contributed by atoms with Crippen molar-refractivity contribution in [2.75, 3.05) is 60.0 Å². The molecular formula is C35H45NO9. The monoisotopic (exact) mass is 623 g/mol. The van der Waals surface area contributed by atoms with Crippen molar-refractivity contribution in [3.8, 4) is 11.5 Å². The first-order valence-electron chi connectivity index (χ1n) is 15.0. The highest BCUT2D eigenvalue weighted by molar-refractivity contribution is 5.60. The van der Waals surface area contributed by atoms with Crippen molar-refractivity contribution in [3.05, 3.63) is 88.5 Å². The van der Waals surface area contributed by atoms with Gasteiger partial charge in [-0.1, -0.05) is 52.0 Å². The van der Waals surface area contributed by atoms with Crippen molar-refractivity contribution >= 4 is 5.69 Å². The lowest BCUT2D eigenvalue weighted by Crippen LogP contribution is -2.35. The fourth-order valence-electron chi connectivity index (χ4n) is 5.44. The van der Waals surface area contributed by atoms with Gasteiger partial charge in [-0.3, -0.25) is 0 Å². The van der Waals surface area contributed by atoms with Crippen molar-refractivity contribution in [2.45, 2.75) is 45.9 Å². The van der Waals surface area contributed by atoms with E-state index in [-0.39, 0.29) is 24.4 Å². The molecule has 5 rings (SSSR count). The first-order valence-corrected chi connectivity index (χ1v) is 15.0. The van der Waals surface area contributed by atoms with Crippen LogP contribution in [-0.4, -0.2) is 59.3 Å². The van der Waals surface area contributed by atoms with Crippen molar-refractivity contribution in [1.29, 1.82) is 0 Å². The summed E-state index contributed by atoms with van der Waals surface area (Å²) in [6, 6.07) is 18.0. The molecule has 3 aromatic rings. The van der Waals surface area contributed by atoms with E-state index in [1.165, 1.54) is 14.2 Å². The second-order valence-corrected chi connectivity index (χ2v) is 13.2. The average Bonchev–Trinajstić information content (AvgIpc) is 3.02. The van der Waals surface area contributed by atoms with Crippen LogP contribution in [0.1, 0.15) is 68.1 Å². The third-order valence-electron chi connectivity index (χ3n) is 7.80. The van der Waals surface area contributed by atoms with Gasteiger partial charge >= 0.3 is 0 Å². The van der Waals surface area contributed by atoms with Gasteiger partial charge in [0, 0.05) is 53.0 Å². The molecule has 10 heteroatoms. The lowest BCUT2D eigenvalue weighted by atomic mass is 9.78. The van der Waals surface area contributed by atoms with Crippen LogP contribution in [0, 0.1) is 10.8 Å². The molecule has 0 amide bonds. The standard InChI is InChI=1S/C35H45NO9/c1-33(2)17-40-31(41-18-33)23-10-12-29(44-21-38-5)27(14-23)35(37,25-8-7-9-26(36)16-25)28-15-24(11-13-30(28)45-22-39-6)32-42-19-34(3,4)20-43-32/h7-16,31-32,37H,17-22,36H2,1-6H3. The highest BCUT2D eigenvalue weighted by Gasteiger charge is 2.42. The Hall–Kier alpha value is -3.22. The first-order chi connectivity index (χ1) is 21.5. The number of aliphatic hydroxyl groups is 1. The zero-order chi connectivity index (χ0) is 32.2. The predicted molar refractivity (Wildman–Crippen MR) is 168 cm³/mol. The van der Waals surface area contributed by atoms with Gasteiger partial charge in [0.2, 0.25) is 0 Å². The minimum absolute atomic E-state index is 0.0451. The van der Waals surface area contributed by atoms with Crippen LogP contribution in [0.2, 0.25) is 0 Å². The third kappa shape index (κ3) is 7.44. The van der Waals surface area contributed by atoms with E-state index in [4.69, 9.17) is 43.6 Å². The Morgan fingerprint density at radius 3 is 1.56 bits per heavy atom. The number of benzene rings is 3. The summed E-state index contributed by atoms with van der Waals surface area (Å²) in [4.78, 5) is 0. The van der Waals surface area contributed by atoms with Crippen LogP contribution in [0.3, 0.4) is 0 Å². The Kier molecular flexibility index (Phi) is 10.0. The molecule has 0 spiro atoms. The zero-order valence-corrected chi connectivity index (χ0v) is 27.0. The van der Waals surface area contributed by atoms with Crippen LogP contribution < -0.4 is 15.2 Å². The molecule has 3 N–H and O–H groups in total. The maximum Gasteiger partial charge on any atom is 0.188 e. The lowest BCUT2D eigenvalue weighted by molar-refractivity contribution is -0.226. The number of hydrogen-bond donors (Lipinski definition) is 2. The summed E-state index contributed by atoms with van der Waals surface area (Å²) in [6.45, 7) is 10.3. The van der Waals surface area contributed by atoms with Gasteiger partial charge in [0.1, 0.15) is 17.1 Å². The molecule has 2 aliphatic heterocycles. The van der Waals surface area contributed by atoms with E-state index in [1.54, 1.807) is 30.3 Å². The molecule has 2 heterocycles. The van der Waals surface area contributed by atoms with E-state index in [0.29, 0.717) is 71.4 Å². The number of rotatable bonds is 11. The van der Waals surface area contributed by atoms with Gasteiger partial charge < -0.3 is 48.7 Å². The number of anilines is 1. The number of ether oxygens (including phenoxy) is 8. The third-order valence-corrected chi connectivity index (χ3v) is 7.80. The minimum Gasteiger partial charge on any atom is -0.467 e. The summed E-state index contributed by atoms with van der Waals surface area (Å²) in [6.07, 6.45) is -1.28. The number of nitrogen functional groups attached to an aromatic ring is 1. The molecule has 2 fully saturated rings. The van der Waals surface area contributed by atoms with Crippen LogP contribution in [0.25, 0.3) is 0 Å². The van der Waals surface area contributed by atoms with Crippen LogP contribution in [0.15, 0.2) is 60.7 Å². The molecule has 0 radical (unpaired) electrons. The summed E-state index contributed by atoms with van der Waals surface area (Å²) in [5, 5.41) is 13.3. The Balaban J connectivity index is 1.71. The fourth-order valence-corrected chi connectivity index (χ4v) is 5.44. The quantitative estimate of drug-likeness (QED) is 0.157. The number of methoxy groups -OCH3 is 2. The van der Waals surface area contributed by atoms with Crippen LogP contribution in [-0.2, 0) is 34.0 Å². The van der Waals surface area contributed by atoms with Gasteiger partial charge in [-0.15, -0.1) is 0 Å². The van der Waals surface area contributed by atoms with E-state index in [2.05, 4.69) is 27.7 Å². The summed E-state index contributed by atoms with van der Waals surface area (Å²) >= 11 is 0. The molecule has 0 saturated carbocycles. The molecule has 2 saturated heterocycles. The molecule has 10 nitrogen and oxygen atoms in total. The normalized spacial score (nSPS) is 18.9. The van der Waals surface area contributed by atoms with Gasteiger partial charge in [0.05, 0.1) is 26.4 Å². The van der Waals surface area contributed by atoms with E-state index < -0.39 is 18.2 Å². The van der Waals surface area contributed by atoms with Crippen molar-refractivity contribution < 1.29 is 43.0 Å². The van der Waals surface area contributed by atoms with Crippen LogP contribution in [0.5, 0.6) is 11.5 Å². The summed E-state index contributed by atoms with van der Waals surface area (Å²) in [7, 11) is 3.07. The smallest absolute Gasteiger partial charge is 0.188 e. The topological polar surface area (TPSA) is 120 Å². The van der Waals surface area contributed by atoms with Gasteiger partial charge in [0.25, 0.3) is 0 Å². The Bertz CT molecular complexity index is 1350. The largest absolute Gasteiger partial charge is 0.467 e. The second kappa shape index (κ2) is 13.6. The lowest BCUT2D eigenvalue weighted by Gasteiger charge is -2.37. The minimum atomic E-state index is -1.87. The SMILES string of the molecule is COCOc1ccc(C2OCC(C)(C)CO2)cc1C(O)(c1cccc(N)c1)c1cc(C2OCC(C)(C)CO2)ccc1OCOC. The zero-order valence-electron chi connectivity index (χ0n) is 27.0. The Morgan fingerprint density at radius 2 is 1.16 bits per heavy atom. The Morgan fingerprint density at radius 1 is 0.711 bits per heavy atom. The van der Waals surface area contributed by atoms with Crippen molar-refractivity contribution in [2.24, 2.45) is 10.8 Å². The molecule has 45 heavy (non-hydrogen) atoms.